The van der Waals surface area contributed by atoms with Crippen LogP contribution in [0.4, 0.5) is 0 Å². The molecule has 3 nitrogen and oxygen atoms in total. The third-order valence-corrected chi connectivity index (χ3v) is 5.76. The van der Waals surface area contributed by atoms with Gasteiger partial charge in [-0.15, -0.1) is 0 Å². The highest BCUT2D eigenvalue weighted by Crippen LogP contribution is 2.44. The molecule has 3 atom stereocenters. The molecule has 2 aromatic carbocycles. The Labute approximate surface area is 150 Å². The molecule has 0 aromatic heterocycles. The van der Waals surface area contributed by atoms with E-state index in [4.69, 9.17) is 0 Å². The molecule has 0 aliphatic carbocycles. The number of rotatable bonds is 5. The maximum atomic E-state index is 12.8. The van der Waals surface area contributed by atoms with Gasteiger partial charge in [0.15, 0.2) is 0 Å². The van der Waals surface area contributed by atoms with E-state index in [1.54, 1.807) is 0 Å². The molecular weight excluding hydrogens is 308 g/mol. The van der Waals surface area contributed by atoms with Gasteiger partial charge in [0.05, 0.1) is 5.92 Å². The van der Waals surface area contributed by atoms with Gasteiger partial charge >= 0.3 is 0 Å². The number of carbonyl (C=O) groups excluding carboxylic acids is 1. The first kappa shape index (κ1) is 16.3. The second kappa shape index (κ2) is 7.40. The lowest BCUT2D eigenvalue weighted by Gasteiger charge is -2.24. The van der Waals surface area contributed by atoms with Crippen LogP contribution < -0.4 is 5.32 Å². The normalized spacial score (nSPS) is 25.7. The summed E-state index contributed by atoms with van der Waals surface area (Å²) < 4.78 is 0. The van der Waals surface area contributed by atoms with Gasteiger partial charge in [-0.1, -0.05) is 60.7 Å². The van der Waals surface area contributed by atoms with Crippen molar-refractivity contribution >= 4 is 5.91 Å². The van der Waals surface area contributed by atoms with E-state index in [1.165, 1.54) is 17.5 Å². The van der Waals surface area contributed by atoms with Gasteiger partial charge in [0, 0.05) is 18.6 Å². The Hall–Kier alpha value is -2.13. The van der Waals surface area contributed by atoms with E-state index in [1.807, 2.05) is 6.07 Å². The van der Waals surface area contributed by atoms with E-state index in [-0.39, 0.29) is 11.8 Å². The standard InChI is InChI=1S/C22H26N2O/c25-22(23-14-13-17-8-3-1-4-9-17)19-16-21(18-10-5-2-6-11-18)24-15-7-12-20(19)24/h1-6,8-11,19-21H,7,12-16H2,(H,23,25)/t19-,20+,21-/m1/s1. The molecule has 1 N–H and O–H groups in total. The summed E-state index contributed by atoms with van der Waals surface area (Å²) in [7, 11) is 0. The summed E-state index contributed by atoms with van der Waals surface area (Å²) in [6.45, 7) is 1.85. The topological polar surface area (TPSA) is 32.3 Å². The van der Waals surface area contributed by atoms with Crippen LogP contribution in [0, 0.1) is 5.92 Å². The molecule has 2 aromatic rings. The van der Waals surface area contributed by atoms with E-state index < -0.39 is 0 Å². The summed E-state index contributed by atoms with van der Waals surface area (Å²) in [5.41, 5.74) is 2.63. The molecule has 2 fully saturated rings. The van der Waals surface area contributed by atoms with Crippen LogP contribution >= 0.6 is 0 Å². The number of hydrogen-bond donors (Lipinski definition) is 1. The van der Waals surface area contributed by atoms with E-state index in [0.29, 0.717) is 12.1 Å². The number of carbonyl (C=O) groups is 1. The number of fused-ring (bicyclic) bond motifs is 1. The predicted octanol–water partition coefficient (Wildman–Crippen LogP) is 3.57. The summed E-state index contributed by atoms with van der Waals surface area (Å²) in [5, 5.41) is 3.19. The van der Waals surface area contributed by atoms with Crippen molar-refractivity contribution in [2.45, 2.75) is 37.8 Å². The van der Waals surface area contributed by atoms with Crippen LogP contribution in [-0.4, -0.2) is 29.9 Å². The smallest absolute Gasteiger partial charge is 0.224 e. The highest BCUT2D eigenvalue weighted by molar-refractivity contribution is 5.80. The Balaban J connectivity index is 1.39. The lowest BCUT2D eigenvalue weighted by molar-refractivity contribution is -0.125. The van der Waals surface area contributed by atoms with Crippen molar-refractivity contribution in [1.82, 2.24) is 10.2 Å². The Bertz CT molecular complexity index is 700. The maximum Gasteiger partial charge on any atom is 0.224 e. The minimum Gasteiger partial charge on any atom is -0.355 e. The molecule has 0 radical (unpaired) electrons. The van der Waals surface area contributed by atoms with Crippen LogP contribution in [0.3, 0.4) is 0 Å². The summed E-state index contributed by atoms with van der Waals surface area (Å²) in [5.74, 6) is 0.370. The summed E-state index contributed by atoms with van der Waals surface area (Å²) in [6.07, 6.45) is 4.21. The van der Waals surface area contributed by atoms with E-state index in [2.05, 4.69) is 64.8 Å². The lowest BCUT2D eigenvalue weighted by atomic mass is 9.93. The second-order valence-corrected chi connectivity index (χ2v) is 7.24. The molecule has 2 aliphatic rings. The third-order valence-electron chi connectivity index (χ3n) is 5.76. The molecule has 2 saturated heterocycles. The SMILES string of the molecule is O=C(NCCc1ccccc1)[C@@H]1C[C@H](c2ccccc2)N2CCC[C@@H]12. The van der Waals surface area contributed by atoms with Crippen molar-refractivity contribution < 1.29 is 4.79 Å². The van der Waals surface area contributed by atoms with Gasteiger partial charge in [-0.25, -0.2) is 0 Å². The van der Waals surface area contributed by atoms with Crippen molar-refractivity contribution in [3.63, 3.8) is 0 Å². The predicted molar refractivity (Wildman–Crippen MR) is 100 cm³/mol. The number of nitrogens with one attached hydrogen (secondary N) is 1. The average molecular weight is 334 g/mol. The fourth-order valence-corrected chi connectivity index (χ4v) is 4.56. The lowest BCUT2D eigenvalue weighted by Crippen LogP contribution is -2.38. The monoisotopic (exact) mass is 334 g/mol. The molecule has 0 spiro atoms. The van der Waals surface area contributed by atoms with Crippen molar-refractivity contribution in [3.8, 4) is 0 Å². The van der Waals surface area contributed by atoms with Crippen LogP contribution in [0.2, 0.25) is 0 Å². The molecule has 2 heterocycles. The molecule has 25 heavy (non-hydrogen) atoms. The molecule has 130 valence electrons. The highest BCUT2D eigenvalue weighted by atomic mass is 16.2. The molecule has 0 bridgehead atoms. The highest BCUT2D eigenvalue weighted by Gasteiger charge is 2.46. The van der Waals surface area contributed by atoms with Crippen LogP contribution in [0.15, 0.2) is 60.7 Å². The minimum absolute atomic E-state index is 0.128. The number of benzene rings is 2. The quantitative estimate of drug-likeness (QED) is 0.906. The molecular formula is C22H26N2O. The fraction of sp³-hybridized carbons (Fsp3) is 0.409. The maximum absolute atomic E-state index is 12.8. The Morgan fingerprint density at radius 3 is 2.52 bits per heavy atom. The van der Waals surface area contributed by atoms with Gasteiger partial charge in [-0.05, 0) is 43.4 Å². The second-order valence-electron chi connectivity index (χ2n) is 7.24. The van der Waals surface area contributed by atoms with Crippen LogP contribution in [0.25, 0.3) is 0 Å². The Morgan fingerprint density at radius 2 is 1.76 bits per heavy atom. The van der Waals surface area contributed by atoms with Crippen molar-refractivity contribution in [3.05, 3.63) is 71.8 Å². The minimum atomic E-state index is 0.128. The molecule has 0 saturated carbocycles. The van der Waals surface area contributed by atoms with Crippen LogP contribution in [-0.2, 0) is 11.2 Å². The van der Waals surface area contributed by atoms with Crippen LogP contribution in [0.1, 0.15) is 36.4 Å². The first-order chi connectivity index (χ1) is 12.3. The number of amides is 1. The molecule has 3 heteroatoms. The summed E-state index contributed by atoms with van der Waals surface area (Å²) >= 11 is 0. The van der Waals surface area contributed by atoms with E-state index in [0.717, 1.165) is 32.4 Å². The van der Waals surface area contributed by atoms with E-state index >= 15 is 0 Å². The summed E-state index contributed by atoms with van der Waals surface area (Å²) in [4.78, 5) is 15.4. The van der Waals surface area contributed by atoms with Crippen molar-refractivity contribution in [2.24, 2.45) is 5.92 Å². The van der Waals surface area contributed by atoms with Crippen LogP contribution in [0.5, 0.6) is 0 Å². The van der Waals surface area contributed by atoms with Gasteiger partial charge < -0.3 is 5.32 Å². The fourth-order valence-electron chi connectivity index (χ4n) is 4.56. The van der Waals surface area contributed by atoms with Gasteiger partial charge in [-0.3, -0.25) is 9.69 Å². The zero-order valence-electron chi connectivity index (χ0n) is 14.6. The summed E-state index contributed by atoms with van der Waals surface area (Å²) in [6, 6.07) is 21.9. The first-order valence-corrected chi connectivity index (χ1v) is 9.45. The van der Waals surface area contributed by atoms with Gasteiger partial charge in [0.2, 0.25) is 5.91 Å². The largest absolute Gasteiger partial charge is 0.355 e. The van der Waals surface area contributed by atoms with E-state index in [9.17, 15) is 4.79 Å². The first-order valence-electron chi connectivity index (χ1n) is 9.45. The van der Waals surface area contributed by atoms with Gasteiger partial charge in [-0.2, -0.15) is 0 Å². The van der Waals surface area contributed by atoms with Gasteiger partial charge in [0.25, 0.3) is 0 Å². The molecule has 1 amide bonds. The third kappa shape index (κ3) is 3.47. The van der Waals surface area contributed by atoms with Crippen molar-refractivity contribution in [2.75, 3.05) is 13.1 Å². The molecule has 4 rings (SSSR count). The zero-order valence-corrected chi connectivity index (χ0v) is 14.6. The zero-order chi connectivity index (χ0) is 17.1. The average Bonchev–Trinajstić information content (AvgIpc) is 3.26. The Morgan fingerprint density at radius 1 is 1.04 bits per heavy atom. The molecule has 0 unspecified atom stereocenters. The number of nitrogens with zero attached hydrogens (tertiary/aromatic N) is 1. The van der Waals surface area contributed by atoms with Gasteiger partial charge in [0.1, 0.15) is 0 Å². The Kier molecular flexibility index (Phi) is 4.84. The number of hydrogen-bond acceptors (Lipinski definition) is 2. The molecule has 2 aliphatic heterocycles. The van der Waals surface area contributed by atoms with Crippen molar-refractivity contribution in [1.29, 1.82) is 0 Å².